The summed E-state index contributed by atoms with van der Waals surface area (Å²) in [5.74, 6) is 0.922. The van der Waals surface area contributed by atoms with E-state index in [0.29, 0.717) is 11.8 Å². The van der Waals surface area contributed by atoms with Crippen LogP contribution in [-0.2, 0) is 16.6 Å². The number of aryl methyl sites for hydroxylation is 1. The minimum absolute atomic E-state index is 0.0624. The summed E-state index contributed by atoms with van der Waals surface area (Å²) in [6, 6.07) is 14.5. The normalized spacial score (nSPS) is 11.8. The van der Waals surface area contributed by atoms with Crippen molar-refractivity contribution in [2.24, 2.45) is 0 Å². The highest BCUT2D eigenvalue weighted by Gasteiger charge is 2.16. The second-order valence-corrected chi connectivity index (χ2v) is 8.19. The number of hydrogen-bond donors (Lipinski definition) is 1. The van der Waals surface area contributed by atoms with E-state index in [0.717, 1.165) is 16.7 Å². The molecular formula is C19H21N3O3S. The van der Waals surface area contributed by atoms with E-state index in [1.165, 1.54) is 0 Å². The van der Waals surface area contributed by atoms with Crippen molar-refractivity contribution in [1.82, 2.24) is 14.9 Å². The Labute approximate surface area is 153 Å². The molecule has 1 aromatic heterocycles. The lowest BCUT2D eigenvalue weighted by Gasteiger charge is -2.08. The fraction of sp³-hybridized carbons (Fsp3) is 0.263. The van der Waals surface area contributed by atoms with E-state index in [4.69, 9.17) is 4.42 Å². The third kappa shape index (κ3) is 4.17. The molecule has 1 N–H and O–H groups in total. The molecule has 0 amide bonds. The van der Waals surface area contributed by atoms with Gasteiger partial charge in [-0.2, -0.15) is 0 Å². The average molecular weight is 371 g/mol. The van der Waals surface area contributed by atoms with Crippen molar-refractivity contribution in [3.63, 3.8) is 0 Å². The number of nitrogens with zero attached hydrogens (tertiary/aromatic N) is 2. The summed E-state index contributed by atoms with van der Waals surface area (Å²) in [7, 11) is -3.64. The Kier molecular flexibility index (Phi) is 5.20. The van der Waals surface area contributed by atoms with Crippen molar-refractivity contribution >= 4 is 10.0 Å². The molecular weight excluding hydrogens is 350 g/mol. The third-order valence-electron chi connectivity index (χ3n) is 4.00. The molecule has 0 aliphatic carbocycles. The predicted molar refractivity (Wildman–Crippen MR) is 99.0 cm³/mol. The summed E-state index contributed by atoms with van der Waals surface area (Å²) < 4.78 is 32.9. The van der Waals surface area contributed by atoms with E-state index in [-0.39, 0.29) is 17.3 Å². The molecule has 0 saturated heterocycles. The van der Waals surface area contributed by atoms with E-state index in [9.17, 15) is 8.42 Å². The van der Waals surface area contributed by atoms with Crippen molar-refractivity contribution in [3.8, 4) is 11.5 Å². The lowest BCUT2D eigenvalue weighted by atomic mass is 10.0. The van der Waals surface area contributed by atoms with Crippen molar-refractivity contribution in [2.45, 2.75) is 38.1 Å². The summed E-state index contributed by atoms with van der Waals surface area (Å²) in [6.45, 7) is 6.03. The lowest BCUT2D eigenvalue weighted by Crippen LogP contribution is -2.23. The minimum atomic E-state index is -3.64. The van der Waals surface area contributed by atoms with Crippen LogP contribution in [0.5, 0.6) is 0 Å². The van der Waals surface area contributed by atoms with E-state index >= 15 is 0 Å². The maximum Gasteiger partial charge on any atom is 0.247 e. The third-order valence-corrected chi connectivity index (χ3v) is 5.42. The highest BCUT2D eigenvalue weighted by atomic mass is 32.2. The Morgan fingerprint density at radius 1 is 1.08 bits per heavy atom. The first-order valence-corrected chi connectivity index (χ1v) is 9.82. The molecule has 1 heterocycles. The van der Waals surface area contributed by atoms with Crippen molar-refractivity contribution in [3.05, 3.63) is 65.5 Å². The molecule has 0 unspecified atom stereocenters. The molecule has 0 atom stereocenters. The summed E-state index contributed by atoms with van der Waals surface area (Å²) in [4.78, 5) is 0.209. The summed E-state index contributed by atoms with van der Waals surface area (Å²) in [5, 5.41) is 7.89. The van der Waals surface area contributed by atoms with Gasteiger partial charge in [0.1, 0.15) is 0 Å². The molecule has 136 valence electrons. The molecule has 0 saturated carbocycles. The van der Waals surface area contributed by atoms with Gasteiger partial charge in [-0.1, -0.05) is 43.7 Å². The number of aromatic nitrogens is 2. The Morgan fingerprint density at radius 3 is 2.46 bits per heavy atom. The standard InChI is InChI=1S/C19H21N3O3S/c1-13(2)15-7-9-17(10-8-15)26(23,24)20-12-18-21-22-19(25-18)16-6-4-5-14(3)11-16/h4-11,13,20H,12H2,1-3H3. The SMILES string of the molecule is Cc1cccc(-c2nnc(CNS(=O)(=O)c3ccc(C(C)C)cc3)o2)c1. The molecule has 6 nitrogen and oxygen atoms in total. The zero-order valence-electron chi connectivity index (χ0n) is 14.9. The zero-order chi connectivity index (χ0) is 18.7. The number of nitrogens with one attached hydrogen (secondary N) is 1. The smallest absolute Gasteiger partial charge is 0.247 e. The second-order valence-electron chi connectivity index (χ2n) is 6.42. The van der Waals surface area contributed by atoms with E-state index < -0.39 is 10.0 Å². The van der Waals surface area contributed by atoms with Crippen LogP contribution in [0.4, 0.5) is 0 Å². The van der Waals surface area contributed by atoms with Crippen LogP contribution in [0, 0.1) is 6.92 Å². The minimum Gasteiger partial charge on any atom is -0.419 e. The Morgan fingerprint density at radius 2 is 1.81 bits per heavy atom. The first-order valence-electron chi connectivity index (χ1n) is 8.34. The van der Waals surface area contributed by atoms with Gasteiger partial charge >= 0.3 is 0 Å². The maximum absolute atomic E-state index is 12.4. The van der Waals surface area contributed by atoms with Gasteiger partial charge in [0.05, 0.1) is 11.4 Å². The summed E-state index contributed by atoms with van der Waals surface area (Å²) in [5.41, 5.74) is 2.97. The number of hydrogen-bond acceptors (Lipinski definition) is 5. The molecule has 26 heavy (non-hydrogen) atoms. The van der Waals surface area contributed by atoms with E-state index in [1.807, 2.05) is 43.3 Å². The van der Waals surface area contributed by atoms with Crippen molar-refractivity contribution in [1.29, 1.82) is 0 Å². The average Bonchev–Trinajstić information content (AvgIpc) is 3.09. The lowest BCUT2D eigenvalue weighted by molar-refractivity contribution is 0.494. The van der Waals surface area contributed by atoms with Crippen LogP contribution >= 0.6 is 0 Å². The Hall–Kier alpha value is -2.51. The molecule has 3 aromatic rings. The molecule has 3 rings (SSSR count). The van der Waals surface area contributed by atoms with Gasteiger partial charge in [0.2, 0.25) is 21.8 Å². The number of benzene rings is 2. The molecule has 0 radical (unpaired) electrons. The maximum atomic E-state index is 12.4. The van der Waals surface area contributed by atoms with Crippen LogP contribution in [0.2, 0.25) is 0 Å². The van der Waals surface area contributed by atoms with Gasteiger partial charge in [0.15, 0.2) is 0 Å². The quantitative estimate of drug-likeness (QED) is 0.715. The van der Waals surface area contributed by atoms with E-state index in [1.54, 1.807) is 12.1 Å². The van der Waals surface area contributed by atoms with Gasteiger partial charge < -0.3 is 4.42 Å². The van der Waals surface area contributed by atoms with Gasteiger partial charge in [-0.15, -0.1) is 10.2 Å². The number of sulfonamides is 1. The van der Waals surface area contributed by atoms with Gasteiger partial charge in [-0.05, 0) is 42.7 Å². The highest BCUT2D eigenvalue weighted by Crippen LogP contribution is 2.20. The van der Waals surface area contributed by atoms with Gasteiger partial charge in [0, 0.05) is 5.56 Å². The van der Waals surface area contributed by atoms with Crippen molar-refractivity contribution in [2.75, 3.05) is 0 Å². The Balaban J connectivity index is 1.70. The van der Waals surface area contributed by atoms with Crippen LogP contribution in [0.3, 0.4) is 0 Å². The Bertz CT molecular complexity index is 993. The van der Waals surface area contributed by atoms with Crippen LogP contribution in [0.1, 0.15) is 36.8 Å². The number of rotatable bonds is 6. The van der Waals surface area contributed by atoms with Gasteiger partial charge in [-0.25, -0.2) is 13.1 Å². The van der Waals surface area contributed by atoms with E-state index in [2.05, 4.69) is 28.8 Å². The predicted octanol–water partition coefficient (Wildman–Crippen LogP) is 3.65. The van der Waals surface area contributed by atoms with Crippen LogP contribution in [0.25, 0.3) is 11.5 Å². The van der Waals surface area contributed by atoms with Crippen LogP contribution in [0.15, 0.2) is 57.8 Å². The first kappa shape index (κ1) is 18.3. The largest absolute Gasteiger partial charge is 0.419 e. The summed E-state index contributed by atoms with van der Waals surface area (Å²) >= 11 is 0. The van der Waals surface area contributed by atoms with Crippen molar-refractivity contribution < 1.29 is 12.8 Å². The van der Waals surface area contributed by atoms with Crippen LogP contribution < -0.4 is 4.72 Å². The fourth-order valence-corrected chi connectivity index (χ4v) is 3.47. The molecule has 7 heteroatoms. The first-order chi connectivity index (χ1) is 12.3. The van der Waals surface area contributed by atoms with Gasteiger partial charge in [0.25, 0.3) is 0 Å². The molecule has 2 aromatic carbocycles. The highest BCUT2D eigenvalue weighted by molar-refractivity contribution is 7.89. The van der Waals surface area contributed by atoms with Gasteiger partial charge in [-0.3, -0.25) is 0 Å². The fourth-order valence-electron chi connectivity index (χ4n) is 2.49. The molecule has 0 spiro atoms. The second kappa shape index (κ2) is 7.39. The van der Waals surface area contributed by atoms with Crippen LogP contribution in [-0.4, -0.2) is 18.6 Å². The zero-order valence-corrected chi connectivity index (χ0v) is 15.7. The molecule has 0 bridgehead atoms. The molecule has 0 aliphatic rings. The summed E-state index contributed by atoms with van der Waals surface area (Å²) in [6.07, 6.45) is 0. The molecule has 0 fully saturated rings. The monoisotopic (exact) mass is 371 g/mol. The molecule has 0 aliphatic heterocycles. The topological polar surface area (TPSA) is 85.1 Å².